The molecule has 1 aromatic heterocycles. The molecule has 1 amide bonds. The van der Waals surface area contributed by atoms with Crippen LogP contribution in [0.3, 0.4) is 0 Å². The fourth-order valence-electron chi connectivity index (χ4n) is 4.41. The number of methoxy groups -OCH3 is 1. The Morgan fingerprint density at radius 1 is 1.05 bits per heavy atom. The first-order chi connectivity index (χ1) is 16.7. The molecule has 1 aliphatic rings. The number of nitrogens with one attached hydrogen (secondary N) is 1. The van der Waals surface area contributed by atoms with Crippen LogP contribution in [0.5, 0.6) is 5.75 Å². The molecule has 0 radical (unpaired) electrons. The Morgan fingerprint density at radius 3 is 2.35 bits per heavy atom. The highest BCUT2D eigenvalue weighted by Crippen LogP contribution is 2.35. The molecular weight excluding hydrogens is 535 g/mol. The number of nitrogens with two attached hydrogens (primary N) is 1. The standard InChI is InChI=1S/C25H24F4N4O2.2ClH/c1-13-7-14(30)12-33(11-13)21-5-6-31-10-20(21)32-25(34)16-3-4-17(26)23(24(16)29)22-18(27)8-15(35-2)9-19(22)28;;/h3-6,8-10,13-14H,7,11-12,30H2,1-2H3,(H,32,34);2*1H/t13-,14+;;/m1../s1. The molecule has 2 atom stereocenters. The van der Waals surface area contributed by atoms with E-state index in [0.29, 0.717) is 30.4 Å². The van der Waals surface area contributed by atoms with Gasteiger partial charge in [-0.3, -0.25) is 9.78 Å². The molecule has 2 heterocycles. The summed E-state index contributed by atoms with van der Waals surface area (Å²) in [6.45, 7) is 3.33. The number of halogens is 6. The summed E-state index contributed by atoms with van der Waals surface area (Å²) in [7, 11) is 1.20. The predicted molar refractivity (Wildman–Crippen MR) is 139 cm³/mol. The van der Waals surface area contributed by atoms with Gasteiger partial charge in [-0.1, -0.05) is 6.92 Å². The van der Waals surface area contributed by atoms with Crippen molar-refractivity contribution in [1.82, 2.24) is 4.98 Å². The maximum absolute atomic E-state index is 15.4. The summed E-state index contributed by atoms with van der Waals surface area (Å²) in [5.74, 6) is -5.85. The molecule has 6 nitrogen and oxygen atoms in total. The minimum atomic E-state index is -1.40. The van der Waals surface area contributed by atoms with Gasteiger partial charge in [-0.05, 0) is 30.5 Å². The van der Waals surface area contributed by atoms with Gasteiger partial charge in [0.1, 0.15) is 29.0 Å². The summed E-state index contributed by atoms with van der Waals surface area (Å²) in [5, 5.41) is 2.59. The van der Waals surface area contributed by atoms with Crippen LogP contribution >= 0.6 is 24.8 Å². The van der Waals surface area contributed by atoms with Crippen molar-refractivity contribution >= 4 is 42.1 Å². The van der Waals surface area contributed by atoms with E-state index in [0.717, 1.165) is 30.7 Å². The highest BCUT2D eigenvalue weighted by Gasteiger charge is 2.27. The van der Waals surface area contributed by atoms with E-state index in [9.17, 15) is 18.0 Å². The molecule has 37 heavy (non-hydrogen) atoms. The Morgan fingerprint density at radius 2 is 1.73 bits per heavy atom. The summed E-state index contributed by atoms with van der Waals surface area (Å²) < 4.78 is 63.8. The Balaban J connectivity index is 0.00000241. The first-order valence-electron chi connectivity index (χ1n) is 11.0. The van der Waals surface area contributed by atoms with Crippen LogP contribution in [0.4, 0.5) is 28.9 Å². The third-order valence-corrected chi connectivity index (χ3v) is 5.92. The minimum Gasteiger partial charge on any atom is -0.497 e. The zero-order valence-electron chi connectivity index (χ0n) is 19.9. The zero-order chi connectivity index (χ0) is 25.3. The number of piperidine rings is 1. The van der Waals surface area contributed by atoms with Gasteiger partial charge < -0.3 is 20.7 Å². The SMILES string of the molecule is COc1cc(F)c(-c2c(F)ccc(C(=O)Nc3cnccc3N3C[C@H](C)C[C@H](N)C3)c2F)c(F)c1.Cl.Cl. The third-order valence-electron chi connectivity index (χ3n) is 5.92. The predicted octanol–water partition coefficient (Wildman–Crippen LogP) is 5.58. The van der Waals surface area contributed by atoms with Gasteiger partial charge in [-0.25, -0.2) is 17.6 Å². The van der Waals surface area contributed by atoms with Crippen molar-refractivity contribution in [2.75, 3.05) is 30.4 Å². The maximum Gasteiger partial charge on any atom is 0.258 e. The molecule has 2 aromatic carbocycles. The van der Waals surface area contributed by atoms with Crippen molar-refractivity contribution in [3.8, 4) is 16.9 Å². The second-order valence-electron chi connectivity index (χ2n) is 8.60. The summed E-state index contributed by atoms with van der Waals surface area (Å²) >= 11 is 0. The molecule has 0 unspecified atom stereocenters. The quantitative estimate of drug-likeness (QED) is 0.398. The number of amides is 1. The molecule has 0 bridgehead atoms. The number of carbonyl (C=O) groups is 1. The van der Waals surface area contributed by atoms with Gasteiger partial charge in [0.25, 0.3) is 5.91 Å². The number of hydrogen-bond acceptors (Lipinski definition) is 5. The molecule has 1 aliphatic heterocycles. The van der Waals surface area contributed by atoms with Crippen molar-refractivity contribution in [2.24, 2.45) is 11.7 Å². The molecule has 1 saturated heterocycles. The van der Waals surface area contributed by atoms with E-state index in [-0.39, 0.29) is 36.6 Å². The number of hydrogen-bond donors (Lipinski definition) is 2. The highest BCUT2D eigenvalue weighted by molar-refractivity contribution is 6.06. The average Bonchev–Trinajstić information content (AvgIpc) is 2.80. The number of carbonyl (C=O) groups excluding carboxylic acids is 1. The van der Waals surface area contributed by atoms with Crippen LogP contribution in [-0.4, -0.2) is 37.1 Å². The molecule has 0 saturated carbocycles. The molecule has 1 fully saturated rings. The van der Waals surface area contributed by atoms with Crippen molar-refractivity contribution in [2.45, 2.75) is 19.4 Å². The first kappa shape index (κ1) is 30.1. The zero-order valence-corrected chi connectivity index (χ0v) is 21.6. The molecule has 200 valence electrons. The lowest BCUT2D eigenvalue weighted by Gasteiger charge is -2.37. The van der Waals surface area contributed by atoms with Crippen LogP contribution < -0.4 is 20.7 Å². The van der Waals surface area contributed by atoms with Crippen molar-refractivity contribution < 1.29 is 27.1 Å². The number of rotatable bonds is 5. The Bertz CT molecular complexity index is 1250. The van der Waals surface area contributed by atoms with E-state index in [4.69, 9.17) is 10.5 Å². The second kappa shape index (κ2) is 12.4. The van der Waals surface area contributed by atoms with Crippen LogP contribution in [0, 0.1) is 29.2 Å². The Kier molecular flexibility index (Phi) is 10.1. The average molecular weight is 561 g/mol. The van der Waals surface area contributed by atoms with Gasteiger partial charge in [-0.15, -0.1) is 24.8 Å². The monoisotopic (exact) mass is 560 g/mol. The lowest BCUT2D eigenvalue weighted by Crippen LogP contribution is -2.46. The van der Waals surface area contributed by atoms with Gasteiger partial charge >= 0.3 is 0 Å². The molecule has 4 rings (SSSR count). The Hall–Kier alpha value is -3.08. The van der Waals surface area contributed by atoms with Crippen LogP contribution in [-0.2, 0) is 0 Å². The largest absolute Gasteiger partial charge is 0.497 e. The van der Waals surface area contributed by atoms with Gasteiger partial charge in [-0.2, -0.15) is 0 Å². The van der Waals surface area contributed by atoms with Crippen LogP contribution in [0.2, 0.25) is 0 Å². The lowest BCUT2D eigenvalue weighted by molar-refractivity contribution is 0.102. The third kappa shape index (κ3) is 6.26. The van der Waals surface area contributed by atoms with Gasteiger partial charge in [0.2, 0.25) is 0 Å². The van der Waals surface area contributed by atoms with E-state index in [1.54, 1.807) is 12.3 Å². The molecular formula is C25H26Cl2F4N4O2. The fraction of sp³-hybridized carbons (Fsp3) is 0.280. The Labute approximate surface area is 224 Å². The number of anilines is 2. The van der Waals surface area contributed by atoms with Gasteiger partial charge in [0.05, 0.1) is 41.4 Å². The summed E-state index contributed by atoms with van der Waals surface area (Å²) in [4.78, 5) is 19.0. The molecule has 3 N–H and O–H groups in total. The van der Waals surface area contributed by atoms with E-state index < -0.39 is 45.9 Å². The highest BCUT2D eigenvalue weighted by atomic mass is 35.5. The smallest absolute Gasteiger partial charge is 0.258 e. The first-order valence-corrected chi connectivity index (χ1v) is 11.0. The number of ether oxygens (including phenoxy) is 1. The molecule has 0 spiro atoms. The molecule has 3 aromatic rings. The van der Waals surface area contributed by atoms with Crippen LogP contribution in [0.25, 0.3) is 11.1 Å². The number of pyridine rings is 1. The van der Waals surface area contributed by atoms with Crippen molar-refractivity contribution in [3.63, 3.8) is 0 Å². The second-order valence-corrected chi connectivity index (χ2v) is 8.60. The number of aromatic nitrogens is 1. The van der Waals surface area contributed by atoms with Crippen molar-refractivity contribution in [1.29, 1.82) is 0 Å². The minimum absolute atomic E-state index is 0. The van der Waals surface area contributed by atoms with E-state index in [1.807, 2.05) is 4.90 Å². The summed E-state index contributed by atoms with van der Waals surface area (Å²) in [6.07, 6.45) is 3.83. The maximum atomic E-state index is 15.4. The lowest BCUT2D eigenvalue weighted by atomic mass is 9.96. The normalized spacial score (nSPS) is 16.9. The van der Waals surface area contributed by atoms with Crippen LogP contribution in [0.1, 0.15) is 23.7 Å². The summed E-state index contributed by atoms with van der Waals surface area (Å²) in [5.41, 5.74) is 4.57. The van der Waals surface area contributed by atoms with Gasteiger partial charge in [0.15, 0.2) is 0 Å². The summed E-state index contributed by atoms with van der Waals surface area (Å²) in [6, 6.07) is 4.95. The number of benzene rings is 2. The van der Waals surface area contributed by atoms with E-state index in [1.165, 1.54) is 13.3 Å². The topological polar surface area (TPSA) is 80.5 Å². The van der Waals surface area contributed by atoms with Gasteiger partial charge in [0, 0.05) is 37.5 Å². The van der Waals surface area contributed by atoms with E-state index in [2.05, 4.69) is 17.2 Å². The fourth-order valence-corrected chi connectivity index (χ4v) is 4.41. The van der Waals surface area contributed by atoms with Crippen LogP contribution in [0.15, 0.2) is 42.7 Å². The molecule has 12 heteroatoms. The van der Waals surface area contributed by atoms with E-state index >= 15 is 4.39 Å². The molecule has 0 aliphatic carbocycles. The number of nitrogens with zero attached hydrogens (tertiary/aromatic N) is 2. The van der Waals surface area contributed by atoms with Crippen molar-refractivity contribution in [3.05, 3.63) is 71.6 Å².